The lowest BCUT2D eigenvalue weighted by molar-refractivity contribution is -0.127. The lowest BCUT2D eigenvalue weighted by atomic mass is 10.0. The number of amides is 1. The summed E-state index contributed by atoms with van der Waals surface area (Å²) in [6.45, 7) is 1.67. The summed E-state index contributed by atoms with van der Waals surface area (Å²) in [6.07, 6.45) is 6.92. The summed E-state index contributed by atoms with van der Waals surface area (Å²) in [5, 5.41) is 4.79. The largest absolute Gasteiger partial charge is 0.358 e. The Morgan fingerprint density at radius 1 is 1.41 bits per heavy atom. The van der Waals surface area contributed by atoms with E-state index in [1.165, 1.54) is 0 Å². The van der Waals surface area contributed by atoms with Crippen molar-refractivity contribution in [3.8, 4) is 10.7 Å². The van der Waals surface area contributed by atoms with Gasteiger partial charge in [-0.3, -0.25) is 9.69 Å². The first kappa shape index (κ1) is 15.1. The third-order valence-corrected chi connectivity index (χ3v) is 4.86. The van der Waals surface area contributed by atoms with Crippen LogP contribution in [0.3, 0.4) is 0 Å². The Morgan fingerprint density at radius 3 is 2.91 bits per heavy atom. The van der Waals surface area contributed by atoms with Gasteiger partial charge in [-0.25, -0.2) is 9.97 Å². The number of hydrogen-bond acceptors (Lipinski definition) is 5. The molecule has 1 saturated heterocycles. The second-order valence-electron chi connectivity index (χ2n) is 5.49. The van der Waals surface area contributed by atoms with Crippen molar-refractivity contribution in [2.45, 2.75) is 31.8 Å². The molecular weight excluding hydrogens is 296 g/mol. The first-order valence-corrected chi connectivity index (χ1v) is 8.46. The number of likely N-dealkylation sites (tertiary alicyclic amines) is 1. The van der Waals surface area contributed by atoms with Crippen molar-refractivity contribution in [3.05, 3.63) is 35.5 Å². The second kappa shape index (κ2) is 6.98. The van der Waals surface area contributed by atoms with Crippen LogP contribution < -0.4 is 5.32 Å². The maximum absolute atomic E-state index is 12.0. The number of piperidine rings is 1. The summed E-state index contributed by atoms with van der Waals surface area (Å²) in [7, 11) is 1.70. The maximum Gasteiger partial charge on any atom is 0.237 e. The highest BCUT2D eigenvalue weighted by Crippen LogP contribution is 2.22. The summed E-state index contributed by atoms with van der Waals surface area (Å²) in [5.41, 5.74) is 1.05. The van der Waals surface area contributed by atoms with E-state index in [2.05, 4.69) is 20.2 Å². The van der Waals surface area contributed by atoms with Gasteiger partial charge in [0.15, 0.2) is 5.82 Å². The van der Waals surface area contributed by atoms with Crippen LogP contribution >= 0.6 is 11.3 Å². The smallest absolute Gasteiger partial charge is 0.237 e. The second-order valence-corrected chi connectivity index (χ2v) is 6.44. The van der Waals surface area contributed by atoms with Gasteiger partial charge in [-0.05, 0) is 30.8 Å². The lowest BCUT2D eigenvalue weighted by Crippen LogP contribution is -2.48. The first-order chi connectivity index (χ1) is 10.8. The van der Waals surface area contributed by atoms with Crippen LogP contribution in [-0.4, -0.2) is 40.4 Å². The number of nitrogens with zero attached hydrogens (tertiary/aromatic N) is 3. The Morgan fingerprint density at radius 2 is 2.23 bits per heavy atom. The molecule has 0 bridgehead atoms. The molecule has 1 atom stereocenters. The number of carbonyl (C=O) groups excluding carboxylic acids is 1. The molecule has 1 fully saturated rings. The molecule has 3 heterocycles. The van der Waals surface area contributed by atoms with Crippen molar-refractivity contribution in [3.63, 3.8) is 0 Å². The average Bonchev–Trinajstić information content (AvgIpc) is 3.10. The van der Waals surface area contributed by atoms with Crippen LogP contribution in [0.25, 0.3) is 10.7 Å². The fourth-order valence-corrected chi connectivity index (χ4v) is 3.52. The molecule has 0 radical (unpaired) electrons. The van der Waals surface area contributed by atoms with Crippen LogP contribution in [0, 0.1) is 0 Å². The zero-order chi connectivity index (χ0) is 15.4. The number of thiophene rings is 1. The van der Waals surface area contributed by atoms with E-state index >= 15 is 0 Å². The van der Waals surface area contributed by atoms with E-state index in [-0.39, 0.29) is 11.9 Å². The minimum atomic E-state index is -0.0317. The summed E-state index contributed by atoms with van der Waals surface area (Å²) >= 11 is 1.64. The van der Waals surface area contributed by atoms with E-state index in [0.717, 1.165) is 48.6 Å². The zero-order valence-corrected chi connectivity index (χ0v) is 13.5. The molecule has 1 aliphatic heterocycles. The predicted molar refractivity (Wildman–Crippen MR) is 87.5 cm³/mol. The SMILES string of the molecule is CNC(=O)C1CCCCN1Cc1cnc(-c2cccs2)nc1. The van der Waals surface area contributed by atoms with Gasteiger partial charge in [0.2, 0.25) is 5.91 Å². The van der Waals surface area contributed by atoms with E-state index in [4.69, 9.17) is 0 Å². The van der Waals surface area contributed by atoms with Crippen LogP contribution in [0.2, 0.25) is 0 Å². The van der Waals surface area contributed by atoms with Crippen molar-refractivity contribution in [2.75, 3.05) is 13.6 Å². The molecule has 1 unspecified atom stereocenters. The molecule has 0 aliphatic carbocycles. The van der Waals surface area contributed by atoms with E-state index in [1.807, 2.05) is 29.9 Å². The highest BCUT2D eigenvalue weighted by molar-refractivity contribution is 7.13. The Hall–Kier alpha value is -1.79. The summed E-state index contributed by atoms with van der Waals surface area (Å²) in [4.78, 5) is 24.2. The molecule has 2 aromatic heterocycles. The van der Waals surface area contributed by atoms with E-state index < -0.39 is 0 Å². The Labute approximate surface area is 134 Å². The minimum absolute atomic E-state index is 0.0317. The molecule has 116 valence electrons. The maximum atomic E-state index is 12.0. The van der Waals surface area contributed by atoms with Gasteiger partial charge in [0, 0.05) is 31.5 Å². The predicted octanol–water partition coefficient (Wildman–Crippen LogP) is 2.31. The fraction of sp³-hybridized carbons (Fsp3) is 0.438. The Bertz CT molecular complexity index is 612. The molecule has 0 spiro atoms. The van der Waals surface area contributed by atoms with Gasteiger partial charge < -0.3 is 5.32 Å². The van der Waals surface area contributed by atoms with Crippen molar-refractivity contribution in [2.24, 2.45) is 0 Å². The number of nitrogens with one attached hydrogen (secondary N) is 1. The minimum Gasteiger partial charge on any atom is -0.358 e. The monoisotopic (exact) mass is 316 g/mol. The van der Waals surface area contributed by atoms with Gasteiger partial charge in [0.05, 0.1) is 10.9 Å². The molecule has 5 nitrogen and oxygen atoms in total. The Kier molecular flexibility index (Phi) is 4.80. The highest BCUT2D eigenvalue weighted by atomic mass is 32.1. The molecule has 1 N–H and O–H groups in total. The number of rotatable bonds is 4. The third-order valence-electron chi connectivity index (χ3n) is 4.00. The van der Waals surface area contributed by atoms with Gasteiger partial charge in [-0.2, -0.15) is 0 Å². The number of aromatic nitrogens is 2. The molecule has 0 aromatic carbocycles. The van der Waals surface area contributed by atoms with Crippen LogP contribution in [-0.2, 0) is 11.3 Å². The van der Waals surface area contributed by atoms with Crippen LogP contribution in [0.15, 0.2) is 29.9 Å². The molecule has 6 heteroatoms. The van der Waals surface area contributed by atoms with Crippen LogP contribution in [0.1, 0.15) is 24.8 Å². The number of carbonyl (C=O) groups is 1. The fourth-order valence-electron chi connectivity index (χ4n) is 2.85. The molecule has 1 amide bonds. The number of likely N-dealkylation sites (N-methyl/N-ethyl adjacent to an activating group) is 1. The average molecular weight is 316 g/mol. The van der Waals surface area contributed by atoms with Gasteiger partial charge in [0.1, 0.15) is 0 Å². The van der Waals surface area contributed by atoms with Crippen molar-refractivity contribution in [1.82, 2.24) is 20.2 Å². The van der Waals surface area contributed by atoms with Gasteiger partial charge in [-0.1, -0.05) is 12.5 Å². The Balaban J connectivity index is 1.70. The first-order valence-electron chi connectivity index (χ1n) is 7.58. The van der Waals surface area contributed by atoms with E-state index in [0.29, 0.717) is 0 Å². The molecule has 22 heavy (non-hydrogen) atoms. The molecule has 3 rings (SSSR count). The lowest BCUT2D eigenvalue weighted by Gasteiger charge is -2.34. The standard InChI is InChI=1S/C16H20N4OS/c1-17-16(21)13-5-2-3-7-20(13)11-12-9-18-15(19-10-12)14-6-4-8-22-14/h4,6,8-10,13H,2-3,5,7,11H2,1H3,(H,17,21). The molecular formula is C16H20N4OS. The van der Waals surface area contributed by atoms with Crippen molar-refractivity contribution >= 4 is 17.2 Å². The van der Waals surface area contributed by atoms with Crippen LogP contribution in [0.5, 0.6) is 0 Å². The molecule has 0 saturated carbocycles. The van der Waals surface area contributed by atoms with E-state index in [1.54, 1.807) is 18.4 Å². The van der Waals surface area contributed by atoms with Gasteiger partial charge in [0.25, 0.3) is 0 Å². The van der Waals surface area contributed by atoms with Crippen LogP contribution in [0.4, 0.5) is 0 Å². The van der Waals surface area contributed by atoms with Gasteiger partial charge in [-0.15, -0.1) is 11.3 Å². The highest BCUT2D eigenvalue weighted by Gasteiger charge is 2.27. The summed E-state index contributed by atoms with van der Waals surface area (Å²) < 4.78 is 0. The topological polar surface area (TPSA) is 58.1 Å². The van der Waals surface area contributed by atoms with Crippen molar-refractivity contribution < 1.29 is 4.79 Å². The van der Waals surface area contributed by atoms with Gasteiger partial charge >= 0.3 is 0 Å². The quantitative estimate of drug-likeness (QED) is 0.940. The zero-order valence-electron chi connectivity index (χ0n) is 12.7. The van der Waals surface area contributed by atoms with Crippen molar-refractivity contribution in [1.29, 1.82) is 0 Å². The molecule has 2 aromatic rings. The third kappa shape index (κ3) is 3.34. The summed E-state index contributed by atoms with van der Waals surface area (Å²) in [5.74, 6) is 0.871. The normalized spacial score (nSPS) is 19.0. The van der Waals surface area contributed by atoms with E-state index in [9.17, 15) is 4.79 Å². The number of hydrogen-bond donors (Lipinski definition) is 1. The summed E-state index contributed by atoms with van der Waals surface area (Å²) in [6, 6.07) is 3.99. The molecule has 1 aliphatic rings.